The van der Waals surface area contributed by atoms with Crippen molar-refractivity contribution in [2.24, 2.45) is 0 Å². The first kappa shape index (κ1) is 13.2. The van der Waals surface area contributed by atoms with Crippen LogP contribution in [0.4, 0.5) is 0 Å². The van der Waals surface area contributed by atoms with E-state index in [2.05, 4.69) is 0 Å². The van der Waals surface area contributed by atoms with E-state index < -0.39 is 11.9 Å². The summed E-state index contributed by atoms with van der Waals surface area (Å²) in [6.07, 6.45) is 0.750. The highest BCUT2D eigenvalue weighted by Gasteiger charge is 2.19. The third-order valence-electron chi connectivity index (χ3n) is 2.29. The van der Waals surface area contributed by atoms with Gasteiger partial charge in [-0.1, -0.05) is 0 Å². The Labute approximate surface area is 97.3 Å². The minimum atomic E-state index is -1.29. The summed E-state index contributed by atoms with van der Waals surface area (Å²) in [6, 6.07) is 0. The van der Waals surface area contributed by atoms with Gasteiger partial charge in [0.2, 0.25) is 0 Å². The topological polar surface area (TPSA) is 104 Å². The molecule has 0 radical (unpaired) electrons. The van der Waals surface area contributed by atoms with Crippen LogP contribution in [0.3, 0.4) is 0 Å². The fourth-order valence-corrected chi connectivity index (χ4v) is 1.46. The van der Waals surface area contributed by atoms with Crippen molar-refractivity contribution in [1.29, 1.82) is 0 Å². The molecule has 1 aliphatic rings. The molecule has 0 aliphatic carbocycles. The van der Waals surface area contributed by atoms with Crippen LogP contribution in [-0.2, 0) is 19.1 Å². The van der Waals surface area contributed by atoms with Gasteiger partial charge in [-0.05, 0) is 6.42 Å². The smallest absolute Gasteiger partial charge is 0.331 e. The predicted molar refractivity (Wildman–Crippen MR) is 55.4 cm³/mol. The summed E-state index contributed by atoms with van der Waals surface area (Å²) in [4.78, 5) is 33.8. The molecule has 7 heteroatoms. The second-order valence-corrected chi connectivity index (χ2v) is 3.56. The average Bonchev–Trinajstić information content (AvgIpc) is 2.23. The number of rotatable bonds is 5. The predicted octanol–water partition coefficient (Wildman–Crippen LogP) is -0.669. The van der Waals surface area contributed by atoms with Crippen molar-refractivity contribution in [3.63, 3.8) is 0 Å². The second kappa shape index (κ2) is 6.00. The number of ether oxygens (including phenoxy) is 1. The number of nitrogens with zero attached hydrogens (tertiary/aromatic N) is 1. The molecule has 1 heterocycles. The molecule has 17 heavy (non-hydrogen) atoms. The lowest BCUT2D eigenvalue weighted by molar-refractivity contribution is -0.150. The van der Waals surface area contributed by atoms with Crippen LogP contribution in [-0.4, -0.2) is 59.3 Å². The number of esters is 1. The Balaban J connectivity index is 2.49. The Bertz CT molecular complexity index is 362. The van der Waals surface area contributed by atoms with Crippen LogP contribution in [0, 0.1) is 0 Å². The molecule has 0 aromatic rings. The van der Waals surface area contributed by atoms with Crippen molar-refractivity contribution in [1.82, 2.24) is 4.90 Å². The van der Waals surface area contributed by atoms with Crippen LogP contribution < -0.4 is 0 Å². The Morgan fingerprint density at radius 1 is 1.41 bits per heavy atom. The van der Waals surface area contributed by atoms with E-state index in [1.54, 1.807) is 4.90 Å². The molecule has 0 spiro atoms. The zero-order valence-corrected chi connectivity index (χ0v) is 9.09. The lowest BCUT2D eigenvalue weighted by atomic mass is 10.1. The molecule has 0 saturated carbocycles. The number of morpholine rings is 1. The number of carbonyl (C=O) groups is 3. The molecule has 1 aliphatic heterocycles. The van der Waals surface area contributed by atoms with Crippen molar-refractivity contribution < 1.29 is 29.3 Å². The zero-order chi connectivity index (χ0) is 12.8. The van der Waals surface area contributed by atoms with Gasteiger partial charge in [0.05, 0.1) is 6.54 Å². The van der Waals surface area contributed by atoms with Gasteiger partial charge in [-0.15, -0.1) is 0 Å². The number of carbonyl (C=O) groups excluding carboxylic acids is 1. The van der Waals surface area contributed by atoms with Crippen molar-refractivity contribution in [2.45, 2.75) is 6.42 Å². The first-order valence-electron chi connectivity index (χ1n) is 5.04. The normalized spacial score (nSPS) is 17.6. The van der Waals surface area contributed by atoms with Gasteiger partial charge in [-0.25, -0.2) is 9.59 Å². The largest absolute Gasteiger partial charge is 0.478 e. The maximum absolute atomic E-state index is 10.9. The maximum Gasteiger partial charge on any atom is 0.331 e. The number of cyclic esters (lactones) is 1. The number of carboxylic acid groups (broad SMARTS) is 2. The summed E-state index contributed by atoms with van der Waals surface area (Å²) < 4.78 is 4.72. The summed E-state index contributed by atoms with van der Waals surface area (Å²) in [5.74, 6) is -2.90. The summed E-state index contributed by atoms with van der Waals surface area (Å²) in [7, 11) is 0. The van der Waals surface area contributed by atoms with Crippen molar-refractivity contribution in [3.8, 4) is 0 Å². The molecule has 1 rings (SSSR count). The summed E-state index contributed by atoms with van der Waals surface area (Å²) in [6.45, 7) is 1.25. The monoisotopic (exact) mass is 243 g/mol. The van der Waals surface area contributed by atoms with E-state index in [1.807, 2.05) is 0 Å². The molecule has 0 amide bonds. The van der Waals surface area contributed by atoms with Crippen molar-refractivity contribution >= 4 is 17.9 Å². The molecule has 0 aromatic carbocycles. The zero-order valence-electron chi connectivity index (χ0n) is 9.09. The number of hydrogen-bond donors (Lipinski definition) is 2. The fourth-order valence-electron chi connectivity index (χ4n) is 1.46. The van der Waals surface area contributed by atoms with E-state index in [-0.39, 0.29) is 31.1 Å². The van der Waals surface area contributed by atoms with Crippen LogP contribution in [0.15, 0.2) is 11.6 Å². The molecule has 7 nitrogen and oxygen atoms in total. The van der Waals surface area contributed by atoms with Gasteiger partial charge < -0.3 is 14.9 Å². The van der Waals surface area contributed by atoms with Gasteiger partial charge >= 0.3 is 17.9 Å². The number of carboxylic acids is 2. The molecule has 0 atom stereocenters. The van der Waals surface area contributed by atoms with Crippen LogP contribution in [0.1, 0.15) is 6.42 Å². The van der Waals surface area contributed by atoms with Crippen LogP contribution in [0.5, 0.6) is 0 Å². The minimum Gasteiger partial charge on any atom is -0.478 e. The Kier molecular flexibility index (Phi) is 4.65. The van der Waals surface area contributed by atoms with Gasteiger partial charge in [-0.3, -0.25) is 9.69 Å². The van der Waals surface area contributed by atoms with E-state index in [4.69, 9.17) is 14.9 Å². The SMILES string of the molecule is O=C(O)C=C(CCN1CCOC(=O)C1)C(=O)O. The maximum atomic E-state index is 10.9. The molecule has 2 N–H and O–H groups in total. The third kappa shape index (κ3) is 4.64. The van der Waals surface area contributed by atoms with Gasteiger partial charge in [0.15, 0.2) is 0 Å². The van der Waals surface area contributed by atoms with E-state index in [9.17, 15) is 14.4 Å². The van der Waals surface area contributed by atoms with Crippen LogP contribution >= 0.6 is 0 Å². The average molecular weight is 243 g/mol. The minimum absolute atomic E-state index is 0.0783. The van der Waals surface area contributed by atoms with Crippen molar-refractivity contribution in [3.05, 3.63) is 11.6 Å². The van der Waals surface area contributed by atoms with Gasteiger partial charge in [0, 0.05) is 24.7 Å². The Morgan fingerprint density at radius 3 is 2.65 bits per heavy atom. The standard InChI is InChI=1S/C10H13NO6/c12-8(13)5-7(10(15)16)1-2-11-3-4-17-9(14)6-11/h5H,1-4,6H2,(H,12,13)(H,15,16). The number of aliphatic carboxylic acids is 2. The van der Waals surface area contributed by atoms with Crippen LogP contribution in [0.2, 0.25) is 0 Å². The van der Waals surface area contributed by atoms with Gasteiger partial charge in [-0.2, -0.15) is 0 Å². The van der Waals surface area contributed by atoms with Gasteiger partial charge in [0.25, 0.3) is 0 Å². The summed E-state index contributed by atoms with van der Waals surface area (Å²) >= 11 is 0. The first-order valence-corrected chi connectivity index (χ1v) is 5.04. The highest BCUT2D eigenvalue weighted by Crippen LogP contribution is 2.06. The summed E-state index contributed by atoms with van der Waals surface area (Å²) in [5.41, 5.74) is -0.184. The Morgan fingerprint density at radius 2 is 2.12 bits per heavy atom. The molecule has 0 aromatic heterocycles. The van der Waals surface area contributed by atoms with Gasteiger partial charge in [0.1, 0.15) is 6.61 Å². The third-order valence-corrected chi connectivity index (χ3v) is 2.29. The quantitative estimate of drug-likeness (QED) is 0.487. The fraction of sp³-hybridized carbons (Fsp3) is 0.500. The number of hydrogen-bond acceptors (Lipinski definition) is 5. The lowest BCUT2D eigenvalue weighted by Crippen LogP contribution is -2.40. The highest BCUT2D eigenvalue weighted by atomic mass is 16.5. The molecule has 94 valence electrons. The molecule has 0 unspecified atom stereocenters. The molecular weight excluding hydrogens is 230 g/mol. The second-order valence-electron chi connectivity index (χ2n) is 3.56. The highest BCUT2D eigenvalue weighted by molar-refractivity contribution is 5.94. The summed E-state index contributed by atoms with van der Waals surface area (Å²) in [5, 5.41) is 17.2. The Hall–Kier alpha value is -1.89. The molecular formula is C10H13NO6. The molecule has 1 saturated heterocycles. The van der Waals surface area contributed by atoms with E-state index in [0.717, 1.165) is 0 Å². The first-order chi connectivity index (χ1) is 7.99. The van der Waals surface area contributed by atoms with Crippen molar-refractivity contribution in [2.75, 3.05) is 26.2 Å². The molecule has 0 bridgehead atoms. The van der Waals surface area contributed by atoms with Crippen LogP contribution in [0.25, 0.3) is 0 Å². The van der Waals surface area contributed by atoms with E-state index in [1.165, 1.54) is 0 Å². The van der Waals surface area contributed by atoms with E-state index >= 15 is 0 Å². The lowest BCUT2D eigenvalue weighted by Gasteiger charge is -2.25. The van der Waals surface area contributed by atoms with E-state index in [0.29, 0.717) is 19.2 Å². The molecule has 1 fully saturated rings.